The molecule has 35 heavy (non-hydrogen) atoms. The summed E-state index contributed by atoms with van der Waals surface area (Å²) < 4.78 is 18.8. The van der Waals surface area contributed by atoms with E-state index in [9.17, 15) is 24.0 Å². The second kappa shape index (κ2) is 10.0. The topological polar surface area (TPSA) is 126 Å². The summed E-state index contributed by atoms with van der Waals surface area (Å²) in [4.78, 5) is 39.7. The third-order valence-electron chi connectivity index (χ3n) is 5.70. The van der Waals surface area contributed by atoms with Crippen LogP contribution in [0.5, 0.6) is 0 Å². The van der Waals surface area contributed by atoms with Crippen LogP contribution in [0.4, 0.5) is 4.39 Å². The number of hydrogen-bond acceptors (Lipinski definition) is 7. The molecule has 1 fully saturated rings. The normalized spacial score (nSPS) is 19.3. The molecule has 178 valence electrons. The number of nitriles is 1. The van der Waals surface area contributed by atoms with Crippen LogP contribution in [0.15, 0.2) is 76.6 Å². The van der Waals surface area contributed by atoms with Crippen molar-refractivity contribution in [3.8, 4) is 6.07 Å². The minimum absolute atomic E-state index is 0.0584. The highest BCUT2D eigenvalue weighted by atomic mass is 32.2. The highest BCUT2D eigenvalue weighted by Crippen LogP contribution is 2.49. The molecule has 2 heterocycles. The van der Waals surface area contributed by atoms with Crippen LogP contribution >= 0.6 is 11.8 Å². The van der Waals surface area contributed by atoms with E-state index in [0.29, 0.717) is 5.56 Å². The van der Waals surface area contributed by atoms with Gasteiger partial charge in [0, 0.05) is 6.54 Å². The first kappa shape index (κ1) is 24.0. The third-order valence-corrected chi connectivity index (χ3v) is 6.98. The zero-order chi connectivity index (χ0) is 25.1. The fourth-order valence-electron chi connectivity index (χ4n) is 4.04. The smallest absolute Gasteiger partial charge is 0.307 e. The molecule has 0 aliphatic carbocycles. The summed E-state index contributed by atoms with van der Waals surface area (Å²) in [6, 6.07) is 16.7. The Kier molecular flexibility index (Phi) is 6.89. The largest absolute Gasteiger partial charge is 0.469 e. The van der Waals surface area contributed by atoms with Gasteiger partial charge in [-0.15, -0.1) is 0 Å². The van der Waals surface area contributed by atoms with Crippen molar-refractivity contribution in [3.05, 3.63) is 93.5 Å². The SMILES string of the molecule is COC(=O)C[C@@H]1SC2=C(C(=O)NCc3ccccc3)[C@@H](c3cccc(F)c3)C(C#N)=C(N)N2C1=O. The predicted octanol–water partition coefficient (Wildman–Crippen LogP) is 2.65. The monoisotopic (exact) mass is 492 g/mol. The van der Waals surface area contributed by atoms with Crippen molar-refractivity contribution in [2.75, 3.05) is 7.11 Å². The van der Waals surface area contributed by atoms with E-state index in [0.717, 1.165) is 22.2 Å². The van der Waals surface area contributed by atoms with Crippen molar-refractivity contribution in [2.24, 2.45) is 5.73 Å². The van der Waals surface area contributed by atoms with Gasteiger partial charge in [0.1, 0.15) is 16.9 Å². The average molecular weight is 493 g/mol. The number of thioether (sulfide) groups is 1. The first-order chi connectivity index (χ1) is 16.8. The van der Waals surface area contributed by atoms with Gasteiger partial charge < -0.3 is 15.8 Å². The van der Waals surface area contributed by atoms with Gasteiger partial charge in [0.25, 0.3) is 5.91 Å². The number of carbonyl (C=O) groups excluding carboxylic acids is 3. The van der Waals surface area contributed by atoms with Crippen molar-refractivity contribution in [2.45, 2.75) is 24.1 Å². The number of amides is 2. The summed E-state index contributed by atoms with van der Waals surface area (Å²) in [6.07, 6.45) is -0.237. The van der Waals surface area contributed by atoms with Crippen molar-refractivity contribution < 1.29 is 23.5 Å². The number of hydrogen-bond donors (Lipinski definition) is 2. The van der Waals surface area contributed by atoms with Gasteiger partial charge in [0.15, 0.2) is 0 Å². The Morgan fingerprint density at radius 3 is 2.63 bits per heavy atom. The lowest BCUT2D eigenvalue weighted by molar-refractivity contribution is -0.142. The number of esters is 1. The van der Waals surface area contributed by atoms with Gasteiger partial charge in [-0.1, -0.05) is 54.2 Å². The van der Waals surface area contributed by atoms with E-state index < -0.39 is 34.8 Å². The molecule has 2 aliphatic rings. The van der Waals surface area contributed by atoms with Crippen LogP contribution in [0.1, 0.15) is 23.5 Å². The number of ether oxygens (including phenoxy) is 1. The fraction of sp³-hybridized carbons (Fsp3) is 0.200. The summed E-state index contributed by atoms with van der Waals surface area (Å²) in [6.45, 7) is 0.192. The van der Waals surface area contributed by atoms with Gasteiger partial charge in [-0.05, 0) is 23.3 Å². The molecule has 2 aromatic rings. The van der Waals surface area contributed by atoms with E-state index in [1.807, 2.05) is 36.4 Å². The lowest BCUT2D eigenvalue weighted by atomic mass is 9.82. The molecule has 0 bridgehead atoms. The van der Waals surface area contributed by atoms with Crippen LogP contribution in [0.25, 0.3) is 0 Å². The molecular formula is C25H21FN4O4S. The standard InChI is InChI=1S/C25H21FN4O4S/c1-34-19(31)11-18-24(33)30-22(28)17(12-27)20(15-8-5-9-16(26)10-15)21(25(30)35-18)23(32)29-13-14-6-3-2-4-7-14/h2-10,18,20H,11,13,28H2,1H3,(H,29,32)/t18-,20-/m0/s1. The quantitative estimate of drug-likeness (QED) is 0.594. The maximum absolute atomic E-state index is 14.2. The molecule has 1 saturated heterocycles. The minimum atomic E-state index is -1.00. The second-order valence-corrected chi connectivity index (χ2v) is 9.04. The predicted molar refractivity (Wildman–Crippen MR) is 126 cm³/mol. The van der Waals surface area contributed by atoms with Crippen LogP contribution in [0, 0.1) is 17.1 Å². The minimum Gasteiger partial charge on any atom is -0.469 e. The zero-order valence-electron chi connectivity index (χ0n) is 18.7. The van der Waals surface area contributed by atoms with Crippen LogP contribution < -0.4 is 11.1 Å². The van der Waals surface area contributed by atoms with E-state index in [4.69, 9.17) is 10.5 Å². The Hall–Kier alpha value is -4.10. The highest BCUT2D eigenvalue weighted by Gasteiger charge is 2.48. The van der Waals surface area contributed by atoms with E-state index >= 15 is 0 Å². The summed E-state index contributed by atoms with van der Waals surface area (Å²) in [5.41, 5.74) is 7.47. The fourth-order valence-corrected chi connectivity index (χ4v) is 5.36. The summed E-state index contributed by atoms with van der Waals surface area (Å²) in [5.74, 6) is -3.38. The molecule has 0 unspecified atom stereocenters. The Balaban J connectivity index is 1.82. The zero-order valence-corrected chi connectivity index (χ0v) is 19.5. The molecule has 0 spiro atoms. The van der Waals surface area contributed by atoms with Crippen molar-refractivity contribution in [1.82, 2.24) is 10.2 Å². The molecule has 3 N–H and O–H groups in total. The molecule has 10 heteroatoms. The van der Waals surface area contributed by atoms with Crippen molar-refractivity contribution in [3.63, 3.8) is 0 Å². The molecule has 8 nitrogen and oxygen atoms in total. The van der Waals surface area contributed by atoms with Gasteiger partial charge in [0.2, 0.25) is 5.91 Å². The third kappa shape index (κ3) is 4.63. The van der Waals surface area contributed by atoms with Crippen LogP contribution in [-0.4, -0.2) is 35.0 Å². The number of rotatable bonds is 6. The number of nitrogens with two attached hydrogens (primary N) is 1. The lowest BCUT2D eigenvalue weighted by Crippen LogP contribution is -2.40. The molecule has 0 radical (unpaired) electrons. The number of halogens is 1. The van der Waals surface area contributed by atoms with Crippen molar-refractivity contribution in [1.29, 1.82) is 5.26 Å². The van der Waals surface area contributed by atoms with Gasteiger partial charge in [-0.25, -0.2) is 4.39 Å². The molecule has 0 aromatic heterocycles. The summed E-state index contributed by atoms with van der Waals surface area (Å²) in [5, 5.41) is 12.1. The molecule has 2 aromatic carbocycles. The van der Waals surface area contributed by atoms with E-state index in [1.54, 1.807) is 6.07 Å². The molecular weight excluding hydrogens is 471 g/mol. The van der Waals surface area contributed by atoms with Gasteiger partial charge in [-0.3, -0.25) is 19.3 Å². The van der Waals surface area contributed by atoms with E-state index in [-0.39, 0.29) is 35.0 Å². The first-order valence-electron chi connectivity index (χ1n) is 10.6. The van der Waals surface area contributed by atoms with Crippen LogP contribution in [0.3, 0.4) is 0 Å². The second-order valence-electron chi connectivity index (χ2n) is 7.85. The highest BCUT2D eigenvalue weighted by molar-refractivity contribution is 8.04. The van der Waals surface area contributed by atoms with Gasteiger partial charge in [-0.2, -0.15) is 5.26 Å². The van der Waals surface area contributed by atoms with Gasteiger partial charge >= 0.3 is 5.97 Å². The Bertz CT molecular complexity index is 1300. The number of methoxy groups -OCH3 is 1. The Morgan fingerprint density at radius 2 is 1.97 bits per heavy atom. The van der Waals surface area contributed by atoms with Crippen LogP contribution in [-0.2, 0) is 25.7 Å². The van der Waals surface area contributed by atoms with Crippen LogP contribution in [0.2, 0.25) is 0 Å². The maximum atomic E-state index is 14.2. The summed E-state index contributed by atoms with van der Waals surface area (Å²) in [7, 11) is 1.21. The van der Waals surface area contributed by atoms with Crippen molar-refractivity contribution >= 4 is 29.5 Å². The number of nitrogens with zero attached hydrogens (tertiary/aromatic N) is 2. The number of carbonyl (C=O) groups is 3. The molecule has 2 atom stereocenters. The molecule has 2 amide bonds. The van der Waals surface area contributed by atoms with Gasteiger partial charge in [0.05, 0.1) is 41.7 Å². The Labute approximate surface area is 205 Å². The van der Waals surface area contributed by atoms with E-state index in [2.05, 4.69) is 5.32 Å². The number of nitrogens with one attached hydrogen (secondary N) is 1. The molecule has 2 aliphatic heterocycles. The number of benzene rings is 2. The number of allylic oxidation sites excluding steroid dienone is 1. The Morgan fingerprint density at radius 1 is 1.23 bits per heavy atom. The first-order valence-corrected chi connectivity index (χ1v) is 11.5. The lowest BCUT2D eigenvalue weighted by Gasteiger charge is -2.32. The molecule has 4 rings (SSSR count). The average Bonchev–Trinajstić information content (AvgIpc) is 3.18. The number of fused-ring (bicyclic) bond motifs is 1. The van der Waals surface area contributed by atoms with E-state index in [1.165, 1.54) is 25.3 Å². The summed E-state index contributed by atoms with van der Waals surface area (Å²) >= 11 is 1.00. The maximum Gasteiger partial charge on any atom is 0.307 e. The molecule has 0 saturated carbocycles.